The summed E-state index contributed by atoms with van der Waals surface area (Å²) >= 11 is 0. The number of benzene rings is 1. The second-order valence-electron chi connectivity index (χ2n) is 5.92. The van der Waals surface area contributed by atoms with Gasteiger partial charge in [0.2, 0.25) is 0 Å². The summed E-state index contributed by atoms with van der Waals surface area (Å²) in [6.45, 7) is 10.7. The molecule has 0 aliphatic rings. The first-order chi connectivity index (χ1) is 9.84. The summed E-state index contributed by atoms with van der Waals surface area (Å²) in [7, 11) is 1.35. The maximum absolute atomic E-state index is 11.4. The highest BCUT2D eigenvalue weighted by molar-refractivity contribution is 5.68. The lowest BCUT2D eigenvalue weighted by atomic mass is 9.85. The van der Waals surface area contributed by atoms with Crippen LogP contribution in [0.3, 0.4) is 0 Å². The van der Waals surface area contributed by atoms with Crippen LogP contribution in [0.5, 0.6) is 0 Å². The Kier molecular flexibility index (Phi) is 6.24. The van der Waals surface area contributed by atoms with E-state index < -0.39 is 6.09 Å². The fourth-order valence-corrected chi connectivity index (χ4v) is 1.93. The van der Waals surface area contributed by atoms with Crippen LogP contribution in [0.1, 0.15) is 26.3 Å². The van der Waals surface area contributed by atoms with Gasteiger partial charge in [0.05, 0.1) is 13.2 Å². The summed E-state index contributed by atoms with van der Waals surface area (Å²) in [5.74, 6) is 0. The van der Waals surface area contributed by atoms with Crippen LogP contribution in [0.4, 0.5) is 4.79 Å². The Hall–Kier alpha value is -2.01. The molecule has 1 rings (SSSR count). The molecule has 5 nitrogen and oxygen atoms in total. The molecule has 0 bridgehead atoms. The van der Waals surface area contributed by atoms with Crippen LogP contribution < -0.4 is 16.2 Å². The van der Waals surface area contributed by atoms with Crippen molar-refractivity contribution in [3.05, 3.63) is 48.2 Å². The zero-order chi connectivity index (χ0) is 15.9. The van der Waals surface area contributed by atoms with Gasteiger partial charge in [-0.05, 0) is 11.0 Å². The number of amides is 1. The third-order valence-corrected chi connectivity index (χ3v) is 3.05. The molecule has 0 aliphatic carbocycles. The monoisotopic (exact) mass is 291 g/mol. The second-order valence-corrected chi connectivity index (χ2v) is 5.92. The number of methoxy groups -OCH3 is 1. The molecule has 1 atom stereocenters. The average Bonchev–Trinajstić information content (AvgIpc) is 2.44. The third-order valence-electron chi connectivity index (χ3n) is 3.05. The molecule has 5 heteroatoms. The summed E-state index contributed by atoms with van der Waals surface area (Å²) in [4.78, 5) is 11.4. The molecule has 0 heterocycles. The van der Waals surface area contributed by atoms with E-state index in [0.29, 0.717) is 12.2 Å². The number of hydrazine groups is 1. The summed E-state index contributed by atoms with van der Waals surface area (Å²) in [6, 6.07) is 9.77. The molecule has 0 spiro atoms. The van der Waals surface area contributed by atoms with E-state index in [-0.39, 0.29) is 11.5 Å². The van der Waals surface area contributed by atoms with Crippen molar-refractivity contribution in [1.82, 2.24) is 16.2 Å². The number of carbonyl (C=O) groups excluding carboxylic acids is 1. The van der Waals surface area contributed by atoms with Crippen LogP contribution in [0.2, 0.25) is 0 Å². The Morgan fingerprint density at radius 2 is 1.90 bits per heavy atom. The number of carbonyl (C=O) groups is 1. The molecule has 3 N–H and O–H groups in total. The number of nitrogens with one attached hydrogen (secondary N) is 3. The molecule has 1 amide bonds. The van der Waals surface area contributed by atoms with Gasteiger partial charge in [0.25, 0.3) is 0 Å². The molecule has 1 aromatic rings. The minimum atomic E-state index is -0.471. The lowest BCUT2D eigenvalue weighted by Crippen LogP contribution is -2.50. The molecule has 0 fully saturated rings. The van der Waals surface area contributed by atoms with E-state index in [1.165, 1.54) is 7.11 Å². The molecule has 0 radical (unpaired) electrons. The van der Waals surface area contributed by atoms with Crippen molar-refractivity contribution < 1.29 is 9.53 Å². The molecule has 0 aromatic heterocycles. The van der Waals surface area contributed by atoms with Crippen LogP contribution in [-0.4, -0.2) is 19.2 Å². The molecule has 1 aromatic carbocycles. The Balaban J connectivity index is 2.54. The Morgan fingerprint density at radius 3 is 2.43 bits per heavy atom. The van der Waals surface area contributed by atoms with Crippen LogP contribution in [-0.2, 0) is 11.3 Å². The molecule has 0 aliphatic heterocycles. The van der Waals surface area contributed by atoms with Crippen LogP contribution >= 0.6 is 0 Å². The molecule has 0 saturated heterocycles. The zero-order valence-corrected chi connectivity index (χ0v) is 13.2. The van der Waals surface area contributed by atoms with Crippen molar-refractivity contribution in [2.45, 2.75) is 33.4 Å². The summed E-state index contributed by atoms with van der Waals surface area (Å²) < 4.78 is 4.66. The third kappa shape index (κ3) is 5.87. The normalized spacial score (nSPS) is 12.4. The number of ether oxygens (including phenoxy) is 1. The Bertz CT molecular complexity index is 466. The van der Waals surface area contributed by atoms with Gasteiger partial charge in [0.1, 0.15) is 0 Å². The zero-order valence-electron chi connectivity index (χ0n) is 13.2. The summed E-state index contributed by atoms with van der Waals surface area (Å²) in [6.07, 6.45) is -0.471. The summed E-state index contributed by atoms with van der Waals surface area (Å²) in [5, 5.41) is 2.79. The second kappa shape index (κ2) is 7.69. The number of alkyl carbamates (subject to hydrolysis) is 1. The van der Waals surface area contributed by atoms with E-state index in [2.05, 4.69) is 27.5 Å². The van der Waals surface area contributed by atoms with Crippen molar-refractivity contribution in [2.75, 3.05) is 7.11 Å². The molecule has 0 saturated carbocycles. The first kappa shape index (κ1) is 17.0. The first-order valence-electron chi connectivity index (χ1n) is 6.90. The minimum absolute atomic E-state index is 0.188. The smallest absolute Gasteiger partial charge is 0.407 e. The van der Waals surface area contributed by atoms with Crippen molar-refractivity contribution in [2.24, 2.45) is 5.41 Å². The van der Waals surface area contributed by atoms with Gasteiger partial charge in [-0.25, -0.2) is 10.2 Å². The van der Waals surface area contributed by atoms with Crippen LogP contribution in [0, 0.1) is 5.41 Å². The highest BCUT2D eigenvalue weighted by atomic mass is 16.5. The average molecular weight is 291 g/mol. The van der Waals surface area contributed by atoms with Gasteiger partial charge in [-0.15, -0.1) is 0 Å². The van der Waals surface area contributed by atoms with Crippen molar-refractivity contribution in [1.29, 1.82) is 0 Å². The first-order valence-corrected chi connectivity index (χ1v) is 6.90. The van der Waals surface area contributed by atoms with Gasteiger partial charge in [-0.2, -0.15) is 0 Å². The Labute approximate surface area is 126 Å². The molecule has 0 unspecified atom stereocenters. The lowest BCUT2D eigenvalue weighted by Gasteiger charge is -2.33. The fraction of sp³-hybridized carbons (Fsp3) is 0.438. The lowest BCUT2D eigenvalue weighted by molar-refractivity contribution is 0.157. The number of hydrogen-bond acceptors (Lipinski definition) is 4. The van der Waals surface area contributed by atoms with Crippen molar-refractivity contribution in [3.63, 3.8) is 0 Å². The van der Waals surface area contributed by atoms with Crippen molar-refractivity contribution in [3.8, 4) is 0 Å². The standard InChI is InChI=1S/C16H25N3O2/c1-12(14(16(2,3)4)18-15(20)21-5)19-17-11-13-9-7-6-8-10-13/h6-10,14,17,19H,1,11H2,2-5H3,(H,18,20)/t14-/m1/s1. The highest BCUT2D eigenvalue weighted by Gasteiger charge is 2.29. The maximum atomic E-state index is 11.4. The largest absolute Gasteiger partial charge is 0.453 e. The van der Waals surface area contributed by atoms with Crippen LogP contribution in [0.25, 0.3) is 0 Å². The highest BCUT2D eigenvalue weighted by Crippen LogP contribution is 2.23. The predicted molar refractivity (Wildman–Crippen MR) is 84.3 cm³/mol. The van der Waals surface area contributed by atoms with Gasteiger partial charge < -0.3 is 15.5 Å². The van der Waals surface area contributed by atoms with Crippen molar-refractivity contribution >= 4 is 6.09 Å². The van der Waals surface area contributed by atoms with Gasteiger partial charge in [0.15, 0.2) is 0 Å². The topological polar surface area (TPSA) is 62.4 Å². The molecule has 21 heavy (non-hydrogen) atoms. The molecular formula is C16H25N3O2. The maximum Gasteiger partial charge on any atom is 0.407 e. The van der Waals surface area contributed by atoms with E-state index in [1.807, 2.05) is 51.1 Å². The van der Waals surface area contributed by atoms with E-state index in [0.717, 1.165) is 5.56 Å². The van der Waals surface area contributed by atoms with E-state index in [9.17, 15) is 4.79 Å². The van der Waals surface area contributed by atoms with Gasteiger partial charge >= 0.3 is 6.09 Å². The van der Waals surface area contributed by atoms with Gasteiger partial charge in [0, 0.05) is 12.2 Å². The minimum Gasteiger partial charge on any atom is -0.453 e. The summed E-state index contributed by atoms with van der Waals surface area (Å²) in [5.41, 5.74) is 7.81. The fourth-order valence-electron chi connectivity index (χ4n) is 1.93. The quantitative estimate of drug-likeness (QED) is 0.705. The van der Waals surface area contributed by atoms with E-state index in [4.69, 9.17) is 0 Å². The Morgan fingerprint density at radius 1 is 1.29 bits per heavy atom. The predicted octanol–water partition coefficient (Wildman–Crippen LogP) is 2.57. The SMILES string of the molecule is C=C(NNCc1ccccc1)[C@@H](NC(=O)OC)C(C)(C)C. The number of rotatable bonds is 6. The number of hydrogen-bond donors (Lipinski definition) is 3. The van der Waals surface area contributed by atoms with E-state index >= 15 is 0 Å². The molecule has 116 valence electrons. The van der Waals surface area contributed by atoms with E-state index in [1.54, 1.807) is 0 Å². The molecular weight excluding hydrogens is 266 g/mol. The van der Waals surface area contributed by atoms with Gasteiger partial charge in [-0.1, -0.05) is 57.7 Å². The van der Waals surface area contributed by atoms with Gasteiger partial charge in [-0.3, -0.25) is 0 Å². The van der Waals surface area contributed by atoms with Crippen LogP contribution in [0.15, 0.2) is 42.6 Å².